The highest BCUT2D eigenvalue weighted by Gasteiger charge is 2.47. The van der Waals surface area contributed by atoms with Crippen molar-refractivity contribution >= 4 is 47.7 Å². The summed E-state index contributed by atoms with van der Waals surface area (Å²) in [6.07, 6.45) is 0.839. The Kier molecular flexibility index (Phi) is 6.89. The van der Waals surface area contributed by atoms with Crippen molar-refractivity contribution < 1.29 is 25.6 Å². The lowest BCUT2D eigenvalue weighted by molar-refractivity contribution is 0.150. The second-order valence-corrected chi connectivity index (χ2v) is 15.6. The van der Waals surface area contributed by atoms with Crippen LogP contribution in [0.25, 0.3) is 27.2 Å². The van der Waals surface area contributed by atoms with Gasteiger partial charge < -0.3 is 0 Å². The summed E-state index contributed by atoms with van der Waals surface area (Å²) in [5.74, 6) is 0. The first-order chi connectivity index (χ1) is 18.3. The first-order valence-electron chi connectivity index (χ1n) is 12.3. The van der Waals surface area contributed by atoms with Crippen LogP contribution in [-0.2, 0) is 26.9 Å². The van der Waals surface area contributed by atoms with Gasteiger partial charge in [-0.15, -0.1) is 10.2 Å². The molecule has 0 bridgehead atoms. The Balaban J connectivity index is 1.67. The molecular weight excluding hydrogens is 570 g/mol. The van der Waals surface area contributed by atoms with Gasteiger partial charge in [0.1, 0.15) is 11.2 Å². The second kappa shape index (κ2) is 9.69. The zero-order chi connectivity index (χ0) is 28.3. The summed E-state index contributed by atoms with van der Waals surface area (Å²) in [7, 11) is -5.81. The lowest BCUT2D eigenvalue weighted by atomic mass is 9.92. The van der Waals surface area contributed by atoms with Crippen molar-refractivity contribution in [2.24, 2.45) is 7.05 Å². The van der Waals surface area contributed by atoms with Gasteiger partial charge in [0, 0.05) is 18.0 Å². The van der Waals surface area contributed by atoms with Crippen LogP contribution in [-0.4, -0.2) is 52.9 Å². The molecule has 2 heterocycles. The molecule has 2 aliphatic rings. The van der Waals surface area contributed by atoms with Crippen molar-refractivity contribution in [1.82, 2.24) is 24.7 Å². The largest absolute Gasteiger partial charge is 0.291 e. The van der Waals surface area contributed by atoms with Crippen molar-refractivity contribution in [3.63, 3.8) is 0 Å². The number of nitriles is 1. The van der Waals surface area contributed by atoms with E-state index in [0.717, 1.165) is 5.57 Å². The molecule has 1 fully saturated rings. The zero-order valence-electron chi connectivity index (χ0n) is 21.3. The van der Waals surface area contributed by atoms with Crippen molar-refractivity contribution in [1.29, 1.82) is 5.26 Å². The number of nitrogens with zero attached hydrogens (tertiary/aromatic N) is 5. The molecule has 1 N–H and O–H groups in total. The minimum absolute atomic E-state index is 0.112. The zero-order valence-corrected chi connectivity index (χ0v) is 23.8. The average Bonchev–Trinajstić information content (AvgIpc) is 3.31. The Morgan fingerprint density at radius 3 is 2.46 bits per heavy atom. The highest BCUT2D eigenvalue weighted by Crippen LogP contribution is 2.41. The van der Waals surface area contributed by atoms with E-state index in [1.54, 1.807) is 20.9 Å². The molecule has 3 aromatic rings. The number of alkyl halides is 2. The first kappa shape index (κ1) is 27.8. The number of hydrogen-bond donors (Lipinski definition) is 1. The molecule has 1 unspecified atom stereocenters. The number of sulfone groups is 1. The van der Waals surface area contributed by atoms with Gasteiger partial charge in [-0.05, 0) is 63.7 Å². The van der Waals surface area contributed by atoms with Crippen LogP contribution in [0.15, 0.2) is 23.1 Å². The fraction of sp³-hybridized carbons (Fsp3) is 0.500. The molecule has 208 valence electrons. The summed E-state index contributed by atoms with van der Waals surface area (Å²) in [6, 6.07) is 4.91. The number of aryl methyl sites for hydroxylation is 1. The molecule has 39 heavy (non-hydrogen) atoms. The quantitative estimate of drug-likeness (QED) is 0.408. The number of benzene rings is 1. The molecule has 1 atom stereocenters. The van der Waals surface area contributed by atoms with Gasteiger partial charge in [-0.25, -0.2) is 25.6 Å². The number of hydrogen-bond acceptors (Lipinski definition) is 9. The van der Waals surface area contributed by atoms with E-state index in [2.05, 4.69) is 20.0 Å². The smallest absolute Gasteiger partial charge is 0.267 e. The van der Waals surface area contributed by atoms with Gasteiger partial charge in [0.2, 0.25) is 10.0 Å². The fourth-order valence-electron chi connectivity index (χ4n) is 4.78. The predicted octanol–water partition coefficient (Wildman–Crippen LogP) is 4.12. The van der Waals surface area contributed by atoms with Crippen molar-refractivity contribution in [3.05, 3.63) is 28.8 Å². The van der Waals surface area contributed by atoms with E-state index in [9.17, 15) is 30.9 Å². The van der Waals surface area contributed by atoms with Gasteiger partial charge in [0.05, 0.1) is 27.0 Å². The van der Waals surface area contributed by atoms with E-state index >= 15 is 0 Å². The van der Waals surface area contributed by atoms with Gasteiger partial charge in [-0.2, -0.15) is 15.1 Å². The molecule has 0 radical (unpaired) electrons. The maximum Gasteiger partial charge on any atom is 0.291 e. The summed E-state index contributed by atoms with van der Waals surface area (Å²) in [5, 5.41) is 20.3. The Hall–Kier alpha value is -2.80. The van der Waals surface area contributed by atoms with E-state index in [1.165, 1.54) is 16.8 Å². The third-order valence-corrected chi connectivity index (χ3v) is 12.3. The van der Waals surface area contributed by atoms with Crippen molar-refractivity contribution in [3.8, 4) is 16.8 Å². The Morgan fingerprint density at radius 2 is 1.92 bits per heavy atom. The van der Waals surface area contributed by atoms with Crippen LogP contribution in [0.5, 0.6) is 0 Å². The van der Waals surface area contributed by atoms with Crippen LogP contribution in [0.4, 0.5) is 8.78 Å². The molecule has 0 spiro atoms. The predicted molar refractivity (Wildman–Crippen MR) is 142 cm³/mol. The standard InChI is InChI=1S/C24H26F2N6O4S3/c1-13(2)38(33,34)15-6-4-14(5-7-15)17-10-16(39(35,36)31-24(12-27)8-9-24)11-18-19(30-32(3)20(17)18)22-28-29-23(37-22)21(25)26/h4,10-11,13,15,21,31H,5-9H2,1-3H3. The summed E-state index contributed by atoms with van der Waals surface area (Å²) in [5.41, 5.74) is 0.896. The molecule has 5 rings (SSSR count). The second-order valence-electron chi connectivity index (χ2n) is 10.1. The van der Waals surface area contributed by atoms with Crippen LogP contribution in [0, 0.1) is 11.3 Å². The van der Waals surface area contributed by atoms with Gasteiger partial charge in [-0.3, -0.25) is 4.68 Å². The third kappa shape index (κ3) is 4.99. The Labute approximate surface area is 228 Å². The maximum absolute atomic E-state index is 13.4. The van der Waals surface area contributed by atoms with E-state index in [0.29, 0.717) is 53.5 Å². The molecule has 0 aliphatic heterocycles. The molecule has 2 aliphatic carbocycles. The van der Waals surface area contributed by atoms with E-state index < -0.39 is 47.3 Å². The third-order valence-electron chi connectivity index (χ3n) is 7.18. The number of fused-ring (bicyclic) bond motifs is 1. The number of aromatic nitrogens is 4. The van der Waals surface area contributed by atoms with Crippen molar-refractivity contribution in [2.75, 3.05) is 0 Å². The SMILES string of the molecule is CC(C)S(=O)(=O)C1CC=C(c2cc(S(=O)(=O)NC3(C#N)CC3)cc3c(-c4nnc(C(F)F)s4)nn(C)c23)CC1. The van der Waals surface area contributed by atoms with Crippen LogP contribution < -0.4 is 4.72 Å². The molecule has 0 saturated heterocycles. The summed E-state index contributed by atoms with van der Waals surface area (Å²) in [4.78, 5) is -0.114. The number of halogens is 2. The van der Waals surface area contributed by atoms with Crippen LogP contribution in [0.2, 0.25) is 0 Å². The van der Waals surface area contributed by atoms with E-state index in [-0.39, 0.29) is 22.0 Å². The molecular formula is C24H26F2N6O4S3. The number of rotatable bonds is 8. The monoisotopic (exact) mass is 596 g/mol. The molecule has 1 aromatic carbocycles. The Bertz CT molecular complexity index is 1750. The van der Waals surface area contributed by atoms with Gasteiger partial charge in [0.25, 0.3) is 6.43 Å². The molecule has 1 saturated carbocycles. The normalized spacial score (nSPS) is 19.4. The van der Waals surface area contributed by atoms with Crippen molar-refractivity contribution in [2.45, 2.75) is 73.3 Å². The first-order valence-corrected chi connectivity index (χ1v) is 16.2. The highest BCUT2D eigenvalue weighted by molar-refractivity contribution is 7.92. The Morgan fingerprint density at radius 1 is 1.21 bits per heavy atom. The lowest BCUT2D eigenvalue weighted by Gasteiger charge is -2.24. The van der Waals surface area contributed by atoms with Gasteiger partial charge >= 0.3 is 0 Å². The topological polar surface area (TPSA) is 148 Å². The minimum Gasteiger partial charge on any atom is -0.267 e. The van der Waals surface area contributed by atoms with Crippen LogP contribution >= 0.6 is 11.3 Å². The average molecular weight is 597 g/mol. The van der Waals surface area contributed by atoms with Crippen LogP contribution in [0.3, 0.4) is 0 Å². The summed E-state index contributed by atoms with van der Waals surface area (Å²) < 4.78 is 82.8. The fourth-order valence-corrected chi connectivity index (χ4v) is 8.49. The van der Waals surface area contributed by atoms with Gasteiger partial charge in [0.15, 0.2) is 19.9 Å². The summed E-state index contributed by atoms with van der Waals surface area (Å²) >= 11 is 0.669. The summed E-state index contributed by atoms with van der Waals surface area (Å²) in [6.45, 7) is 3.30. The van der Waals surface area contributed by atoms with Gasteiger partial charge in [-0.1, -0.05) is 17.4 Å². The number of nitrogens with one attached hydrogen (secondary N) is 1. The lowest BCUT2D eigenvalue weighted by Crippen LogP contribution is -2.35. The number of allylic oxidation sites excluding steroid dienone is 2. The maximum atomic E-state index is 13.4. The minimum atomic E-state index is -4.15. The molecule has 2 aromatic heterocycles. The van der Waals surface area contributed by atoms with E-state index in [4.69, 9.17) is 0 Å². The highest BCUT2D eigenvalue weighted by atomic mass is 32.2. The number of sulfonamides is 1. The van der Waals surface area contributed by atoms with E-state index in [1.807, 2.05) is 12.1 Å². The molecule has 10 nitrogen and oxygen atoms in total. The van der Waals surface area contributed by atoms with Crippen LogP contribution in [0.1, 0.15) is 62.9 Å². The molecule has 15 heteroatoms. The molecule has 0 amide bonds.